The van der Waals surface area contributed by atoms with Crippen molar-refractivity contribution < 1.29 is 17.5 Å². The van der Waals surface area contributed by atoms with Crippen LogP contribution in [-0.4, -0.2) is 45.5 Å². The summed E-state index contributed by atoms with van der Waals surface area (Å²) in [5, 5.41) is 3.42. The van der Waals surface area contributed by atoms with Gasteiger partial charge in [0.15, 0.2) is 0 Å². The molecule has 1 saturated heterocycles. The average molecular weight is 484 g/mol. The van der Waals surface area contributed by atoms with Crippen LogP contribution < -0.4 is 14.8 Å². The van der Waals surface area contributed by atoms with Crippen molar-refractivity contribution in [3.05, 3.63) is 89.7 Å². The third-order valence-corrected chi connectivity index (χ3v) is 7.28. The second-order valence-electron chi connectivity index (χ2n) is 8.67. The maximum Gasteiger partial charge on any atom is 0.261 e. The van der Waals surface area contributed by atoms with Crippen LogP contribution in [0.5, 0.6) is 5.75 Å². The van der Waals surface area contributed by atoms with Crippen LogP contribution in [0, 0.1) is 12.7 Å². The molecule has 0 radical (unpaired) electrons. The topological polar surface area (TPSA) is 70.7 Å². The first-order valence-electron chi connectivity index (χ1n) is 11.4. The molecule has 4 rings (SSSR count). The van der Waals surface area contributed by atoms with E-state index in [0.29, 0.717) is 29.6 Å². The molecule has 8 heteroatoms. The van der Waals surface area contributed by atoms with Gasteiger partial charge in [-0.15, -0.1) is 0 Å². The number of nitrogens with one attached hydrogen (secondary N) is 2. The SMILES string of the molecule is Cc1ccc(C(CN2CCN[C@H](C)C2)Oc2ccc(S(=O)(=O)Nc3ccccc3)cc2)cc1F. The normalized spacial score (nSPS) is 17.8. The smallest absolute Gasteiger partial charge is 0.261 e. The van der Waals surface area contributed by atoms with Gasteiger partial charge in [-0.1, -0.05) is 30.3 Å². The lowest BCUT2D eigenvalue weighted by atomic mass is 10.1. The molecule has 1 fully saturated rings. The van der Waals surface area contributed by atoms with Gasteiger partial charge in [0.2, 0.25) is 0 Å². The van der Waals surface area contributed by atoms with Gasteiger partial charge in [-0.2, -0.15) is 0 Å². The molecule has 1 unspecified atom stereocenters. The van der Waals surface area contributed by atoms with Crippen molar-refractivity contribution in [2.75, 3.05) is 30.9 Å². The van der Waals surface area contributed by atoms with Crippen molar-refractivity contribution in [1.82, 2.24) is 10.2 Å². The van der Waals surface area contributed by atoms with E-state index in [1.807, 2.05) is 12.1 Å². The number of rotatable bonds is 8. The lowest BCUT2D eigenvalue weighted by Gasteiger charge is -2.34. The zero-order valence-electron chi connectivity index (χ0n) is 19.4. The van der Waals surface area contributed by atoms with Gasteiger partial charge >= 0.3 is 0 Å². The Labute approximate surface area is 200 Å². The molecule has 0 aliphatic carbocycles. The molecule has 2 N–H and O–H groups in total. The van der Waals surface area contributed by atoms with E-state index in [-0.39, 0.29) is 10.7 Å². The highest BCUT2D eigenvalue weighted by atomic mass is 32.2. The number of halogens is 1. The molecule has 1 heterocycles. The molecule has 1 aliphatic rings. The van der Waals surface area contributed by atoms with Crippen LogP contribution in [0.2, 0.25) is 0 Å². The van der Waals surface area contributed by atoms with Crippen LogP contribution in [0.4, 0.5) is 10.1 Å². The third kappa shape index (κ3) is 6.14. The number of hydrogen-bond acceptors (Lipinski definition) is 5. The quantitative estimate of drug-likeness (QED) is 0.499. The second kappa shape index (κ2) is 10.5. The highest BCUT2D eigenvalue weighted by molar-refractivity contribution is 7.92. The fraction of sp³-hybridized carbons (Fsp3) is 0.308. The van der Waals surface area contributed by atoms with E-state index in [1.54, 1.807) is 49.4 Å². The molecule has 34 heavy (non-hydrogen) atoms. The van der Waals surface area contributed by atoms with E-state index in [2.05, 4.69) is 21.9 Å². The summed E-state index contributed by atoms with van der Waals surface area (Å²) in [4.78, 5) is 2.43. The van der Waals surface area contributed by atoms with Crippen LogP contribution in [0.3, 0.4) is 0 Å². The molecular formula is C26H30FN3O3S. The van der Waals surface area contributed by atoms with Crippen molar-refractivity contribution in [2.24, 2.45) is 0 Å². The number of sulfonamides is 1. The monoisotopic (exact) mass is 483 g/mol. The zero-order valence-corrected chi connectivity index (χ0v) is 20.2. The highest BCUT2D eigenvalue weighted by Gasteiger charge is 2.23. The standard InChI is InChI=1S/C26H30FN3O3S/c1-19-8-9-21(16-25(19)27)26(18-30-15-14-28-20(2)17-30)33-23-10-12-24(13-11-23)34(31,32)29-22-6-4-3-5-7-22/h3-13,16,20,26,28-29H,14-15,17-18H2,1-2H3/t20-,26?/m1/s1. The molecule has 0 amide bonds. The van der Waals surface area contributed by atoms with Crippen LogP contribution in [0.25, 0.3) is 0 Å². The lowest BCUT2D eigenvalue weighted by molar-refractivity contribution is 0.112. The zero-order chi connectivity index (χ0) is 24.1. The third-order valence-electron chi connectivity index (χ3n) is 5.88. The van der Waals surface area contributed by atoms with Crippen LogP contribution in [-0.2, 0) is 10.0 Å². The minimum atomic E-state index is -3.72. The highest BCUT2D eigenvalue weighted by Crippen LogP contribution is 2.27. The van der Waals surface area contributed by atoms with Crippen LogP contribution in [0.15, 0.2) is 77.7 Å². The summed E-state index contributed by atoms with van der Waals surface area (Å²) in [5.74, 6) is 0.251. The van der Waals surface area contributed by atoms with E-state index in [0.717, 1.165) is 25.2 Å². The number of ether oxygens (including phenoxy) is 1. The molecule has 0 spiro atoms. The Kier molecular flexibility index (Phi) is 7.50. The fourth-order valence-electron chi connectivity index (χ4n) is 4.01. The Hall–Kier alpha value is -2.94. The molecule has 1 aliphatic heterocycles. The van der Waals surface area contributed by atoms with Crippen molar-refractivity contribution in [1.29, 1.82) is 0 Å². The van der Waals surface area contributed by atoms with Crippen molar-refractivity contribution in [3.8, 4) is 5.75 Å². The van der Waals surface area contributed by atoms with Gasteiger partial charge in [0.25, 0.3) is 10.0 Å². The number of para-hydroxylation sites is 1. The fourth-order valence-corrected chi connectivity index (χ4v) is 5.07. The molecule has 0 bridgehead atoms. The molecular weight excluding hydrogens is 453 g/mol. The van der Waals surface area contributed by atoms with Crippen LogP contribution in [0.1, 0.15) is 24.2 Å². The molecule has 3 aromatic carbocycles. The van der Waals surface area contributed by atoms with E-state index in [1.165, 1.54) is 18.2 Å². The van der Waals surface area contributed by atoms with Gasteiger partial charge in [0.05, 0.1) is 4.90 Å². The van der Waals surface area contributed by atoms with Crippen molar-refractivity contribution in [2.45, 2.75) is 30.9 Å². The first-order valence-corrected chi connectivity index (χ1v) is 12.8. The minimum absolute atomic E-state index is 0.137. The Morgan fingerprint density at radius 1 is 1.12 bits per heavy atom. The van der Waals surface area contributed by atoms with Crippen LogP contribution >= 0.6 is 0 Å². The van der Waals surface area contributed by atoms with Gasteiger partial charge in [0, 0.05) is 37.9 Å². The minimum Gasteiger partial charge on any atom is -0.484 e. The number of benzene rings is 3. The summed E-state index contributed by atoms with van der Waals surface area (Å²) in [5.41, 5.74) is 1.82. The van der Waals surface area contributed by atoms with E-state index < -0.39 is 16.1 Å². The molecule has 0 aromatic heterocycles. The van der Waals surface area contributed by atoms with Gasteiger partial charge in [-0.3, -0.25) is 9.62 Å². The first kappa shape index (κ1) is 24.2. The number of aryl methyl sites for hydroxylation is 1. The molecule has 6 nitrogen and oxygen atoms in total. The molecule has 3 aromatic rings. The summed E-state index contributed by atoms with van der Waals surface area (Å²) < 4.78 is 48.6. The van der Waals surface area contributed by atoms with Gasteiger partial charge < -0.3 is 10.1 Å². The summed E-state index contributed by atoms with van der Waals surface area (Å²) in [6.07, 6.45) is -0.398. The number of hydrogen-bond donors (Lipinski definition) is 2. The first-order chi connectivity index (χ1) is 16.3. The molecule has 2 atom stereocenters. The lowest BCUT2D eigenvalue weighted by Crippen LogP contribution is -2.50. The van der Waals surface area contributed by atoms with Gasteiger partial charge in [-0.25, -0.2) is 12.8 Å². The maximum absolute atomic E-state index is 14.3. The molecule has 180 valence electrons. The average Bonchev–Trinajstić information content (AvgIpc) is 2.81. The van der Waals surface area contributed by atoms with E-state index >= 15 is 0 Å². The predicted octanol–water partition coefficient (Wildman–Crippen LogP) is 4.35. The Bertz CT molecular complexity index is 1200. The van der Waals surface area contributed by atoms with Gasteiger partial charge in [0.1, 0.15) is 17.7 Å². The van der Waals surface area contributed by atoms with E-state index in [9.17, 15) is 12.8 Å². The van der Waals surface area contributed by atoms with Crippen molar-refractivity contribution in [3.63, 3.8) is 0 Å². The Balaban J connectivity index is 1.52. The van der Waals surface area contributed by atoms with Gasteiger partial charge in [-0.05, 0) is 67.4 Å². The largest absolute Gasteiger partial charge is 0.484 e. The molecule has 0 saturated carbocycles. The Morgan fingerprint density at radius 3 is 2.53 bits per heavy atom. The summed E-state index contributed by atoms with van der Waals surface area (Å²) in [7, 11) is -3.72. The van der Waals surface area contributed by atoms with Crippen molar-refractivity contribution >= 4 is 15.7 Å². The summed E-state index contributed by atoms with van der Waals surface area (Å²) >= 11 is 0. The summed E-state index contributed by atoms with van der Waals surface area (Å²) in [6, 6.07) is 20.6. The Morgan fingerprint density at radius 2 is 1.85 bits per heavy atom. The predicted molar refractivity (Wildman–Crippen MR) is 132 cm³/mol. The second-order valence-corrected chi connectivity index (χ2v) is 10.4. The number of piperazine rings is 1. The number of anilines is 1. The number of nitrogens with zero attached hydrogens (tertiary/aromatic N) is 1. The summed E-state index contributed by atoms with van der Waals surface area (Å²) in [6.45, 7) is 7.10. The maximum atomic E-state index is 14.3. The van der Waals surface area contributed by atoms with E-state index in [4.69, 9.17) is 4.74 Å².